The Labute approximate surface area is 222 Å². The summed E-state index contributed by atoms with van der Waals surface area (Å²) in [5, 5.41) is 0. The topological polar surface area (TPSA) is 71.8 Å². The molecule has 1 saturated heterocycles. The molecule has 4 rings (SSSR count). The molecular weight excluding hydrogens is 532 g/mol. The Kier molecular flexibility index (Phi) is 7.87. The van der Waals surface area contributed by atoms with Gasteiger partial charge in [0, 0.05) is 49.5 Å². The van der Waals surface area contributed by atoms with E-state index < -0.39 is 46.9 Å². The fourth-order valence-electron chi connectivity index (χ4n) is 6.45. The van der Waals surface area contributed by atoms with Gasteiger partial charge in [0.15, 0.2) is 0 Å². The van der Waals surface area contributed by atoms with E-state index in [0.717, 1.165) is 11.0 Å². The summed E-state index contributed by atoms with van der Waals surface area (Å²) < 4.78 is 87.7. The van der Waals surface area contributed by atoms with Gasteiger partial charge in [-0.05, 0) is 37.7 Å². The minimum absolute atomic E-state index is 0.00786. The average Bonchev–Trinajstić information content (AvgIpc) is 3.30. The Morgan fingerprint density at radius 1 is 1.10 bits per heavy atom. The van der Waals surface area contributed by atoms with Crippen LogP contribution in [0.15, 0.2) is 16.9 Å². The number of pyridine rings is 1. The number of fused-ring (bicyclic) bond motifs is 1. The Bertz CT molecular complexity index is 1160. The van der Waals surface area contributed by atoms with E-state index in [4.69, 9.17) is 4.74 Å². The molecule has 39 heavy (non-hydrogen) atoms. The first-order chi connectivity index (χ1) is 18.1. The Morgan fingerprint density at radius 3 is 2.38 bits per heavy atom. The van der Waals surface area contributed by atoms with E-state index in [1.54, 1.807) is 20.8 Å². The number of amides is 2. The third-order valence-electron chi connectivity index (χ3n) is 8.65. The third-order valence-corrected chi connectivity index (χ3v) is 8.65. The number of rotatable bonds is 4. The third kappa shape index (κ3) is 5.55. The summed E-state index contributed by atoms with van der Waals surface area (Å²) in [7, 11) is 0. The molecule has 1 aliphatic carbocycles. The molecule has 2 amide bonds. The molecule has 1 aromatic rings. The van der Waals surface area contributed by atoms with Crippen LogP contribution in [0, 0.1) is 17.3 Å². The highest BCUT2D eigenvalue weighted by Gasteiger charge is 2.55. The fourth-order valence-corrected chi connectivity index (χ4v) is 6.45. The average molecular weight is 566 g/mol. The number of halogens is 6. The van der Waals surface area contributed by atoms with Crippen molar-refractivity contribution >= 4 is 11.8 Å². The van der Waals surface area contributed by atoms with Crippen LogP contribution >= 0.6 is 0 Å². The maximum atomic E-state index is 14.0. The number of alkyl halides is 6. The monoisotopic (exact) mass is 565 g/mol. The molecule has 0 bridgehead atoms. The van der Waals surface area contributed by atoms with E-state index in [1.165, 1.54) is 9.47 Å². The van der Waals surface area contributed by atoms with Crippen molar-refractivity contribution in [1.82, 2.24) is 14.4 Å². The van der Waals surface area contributed by atoms with Gasteiger partial charge in [0.2, 0.25) is 5.91 Å². The van der Waals surface area contributed by atoms with Gasteiger partial charge in [-0.15, -0.1) is 0 Å². The van der Waals surface area contributed by atoms with E-state index in [2.05, 4.69) is 0 Å². The molecular formula is C26H33F6N3O4. The van der Waals surface area contributed by atoms with Gasteiger partial charge in [0.05, 0.1) is 24.1 Å². The smallest absolute Gasteiger partial charge is 0.381 e. The second kappa shape index (κ2) is 10.4. The van der Waals surface area contributed by atoms with Gasteiger partial charge in [-0.25, -0.2) is 0 Å². The van der Waals surface area contributed by atoms with E-state index in [9.17, 15) is 40.7 Å². The zero-order valence-corrected chi connectivity index (χ0v) is 22.1. The van der Waals surface area contributed by atoms with Gasteiger partial charge in [-0.3, -0.25) is 14.4 Å². The van der Waals surface area contributed by atoms with E-state index >= 15 is 0 Å². The molecule has 4 atom stereocenters. The van der Waals surface area contributed by atoms with Crippen LogP contribution < -0.4 is 5.56 Å². The van der Waals surface area contributed by atoms with Crippen molar-refractivity contribution in [3.8, 4) is 0 Å². The first-order valence-corrected chi connectivity index (χ1v) is 13.1. The van der Waals surface area contributed by atoms with Crippen molar-refractivity contribution in [2.24, 2.45) is 17.3 Å². The van der Waals surface area contributed by atoms with Gasteiger partial charge in [-0.1, -0.05) is 20.8 Å². The van der Waals surface area contributed by atoms with Crippen molar-refractivity contribution < 1.29 is 40.7 Å². The van der Waals surface area contributed by atoms with Crippen LogP contribution in [0.4, 0.5) is 26.3 Å². The van der Waals surface area contributed by atoms with Gasteiger partial charge in [0.25, 0.3) is 5.56 Å². The molecule has 1 saturated carbocycles. The predicted molar refractivity (Wildman–Crippen MR) is 127 cm³/mol. The first kappa shape index (κ1) is 29.4. The van der Waals surface area contributed by atoms with Crippen molar-refractivity contribution in [3.63, 3.8) is 0 Å². The summed E-state index contributed by atoms with van der Waals surface area (Å²) in [6.07, 6.45) is -9.11. The molecule has 3 aliphatic rings. The summed E-state index contributed by atoms with van der Waals surface area (Å²) in [5.41, 5.74) is -2.96. The highest BCUT2D eigenvalue weighted by Crippen LogP contribution is 2.49. The number of aromatic nitrogens is 1. The Morgan fingerprint density at radius 2 is 1.79 bits per heavy atom. The molecule has 13 heteroatoms. The molecule has 1 aromatic heterocycles. The molecule has 3 heterocycles. The quantitative estimate of drug-likeness (QED) is 0.513. The van der Waals surface area contributed by atoms with Crippen LogP contribution in [0.5, 0.6) is 0 Å². The molecule has 2 fully saturated rings. The molecule has 0 spiro atoms. The lowest BCUT2D eigenvalue weighted by Gasteiger charge is -2.44. The number of carbonyl (C=O) groups is 2. The normalized spacial score (nSPS) is 27.9. The van der Waals surface area contributed by atoms with Crippen molar-refractivity contribution in [3.05, 3.63) is 33.7 Å². The summed E-state index contributed by atoms with van der Waals surface area (Å²) >= 11 is 0. The molecule has 2 unspecified atom stereocenters. The van der Waals surface area contributed by atoms with E-state index in [-0.39, 0.29) is 82.0 Å². The van der Waals surface area contributed by atoms with Crippen LogP contribution in [-0.2, 0) is 33.6 Å². The first-order valence-electron chi connectivity index (χ1n) is 13.1. The van der Waals surface area contributed by atoms with Crippen LogP contribution in [0.2, 0.25) is 0 Å². The van der Waals surface area contributed by atoms with Crippen LogP contribution in [-0.4, -0.2) is 64.2 Å². The standard InChI is InChI=1S/C26H33F6N3O4/c1-15(2)24(22(37)33-7-8-34-19(13-33)10-17(11-21(34)36)25(27,28)29)6-4-18(12-24)35(23(38)26(30,31)32)20-5-9-39-14-16(20)3/h10-11,15-16,18,20H,4-9,12-14H2,1-3H3/t16?,18-,20?,24+/m1/s1. The predicted octanol–water partition coefficient (Wildman–Crippen LogP) is 4.22. The van der Waals surface area contributed by atoms with Gasteiger partial charge in [-0.2, -0.15) is 26.3 Å². The van der Waals surface area contributed by atoms with Gasteiger partial charge < -0.3 is 19.1 Å². The van der Waals surface area contributed by atoms with Crippen molar-refractivity contribution in [1.29, 1.82) is 0 Å². The molecule has 7 nitrogen and oxygen atoms in total. The summed E-state index contributed by atoms with van der Waals surface area (Å²) in [5.74, 6) is -2.94. The van der Waals surface area contributed by atoms with Gasteiger partial charge >= 0.3 is 18.3 Å². The lowest BCUT2D eigenvalue weighted by Crippen LogP contribution is -2.56. The second-order valence-electron chi connectivity index (χ2n) is 11.3. The minimum atomic E-state index is -5.08. The zero-order chi connectivity index (χ0) is 28.9. The minimum Gasteiger partial charge on any atom is -0.381 e. The highest BCUT2D eigenvalue weighted by atomic mass is 19.4. The molecule has 0 N–H and O–H groups in total. The lowest BCUT2D eigenvalue weighted by molar-refractivity contribution is -0.194. The SMILES string of the molecule is CC1COCCC1N(C(=O)C(F)(F)F)[C@@H]1CC[C@@](C(=O)N2CCn3c(cc(C(F)(F)F)cc3=O)C2)(C(C)C)C1. The van der Waals surface area contributed by atoms with Crippen molar-refractivity contribution in [2.75, 3.05) is 19.8 Å². The largest absolute Gasteiger partial charge is 0.471 e. The van der Waals surface area contributed by atoms with Gasteiger partial charge in [0.1, 0.15) is 0 Å². The Balaban J connectivity index is 1.63. The maximum absolute atomic E-state index is 14.0. The van der Waals surface area contributed by atoms with Crippen LogP contribution in [0.3, 0.4) is 0 Å². The number of hydrogen-bond donors (Lipinski definition) is 0. The van der Waals surface area contributed by atoms with Crippen molar-refractivity contribution in [2.45, 2.75) is 84.0 Å². The fraction of sp³-hybridized carbons (Fsp3) is 0.731. The summed E-state index contributed by atoms with van der Waals surface area (Å²) in [6.45, 7) is 5.63. The molecule has 218 valence electrons. The number of hydrogen-bond acceptors (Lipinski definition) is 4. The molecule has 2 aliphatic heterocycles. The second-order valence-corrected chi connectivity index (χ2v) is 11.3. The lowest BCUT2D eigenvalue weighted by atomic mass is 9.74. The summed E-state index contributed by atoms with van der Waals surface area (Å²) in [4.78, 5) is 41.3. The van der Waals surface area contributed by atoms with E-state index in [0.29, 0.717) is 6.07 Å². The number of nitrogens with zero attached hydrogens (tertiary/aromatic N) is 3. The maximum Gasteiger partial charge on any atom is 0.471 e. The Hall–Kier alpha value is -2.57. The number of carbonyl (C=O) groups excluding carboxylic acids is 2. The molecule has 0 aromatic carbocycles. The highest BCUT2D eigenvalue weighted by molar-refractivity contribution is 5.85. The molecule has 0 radical (unpaired) electrons. The number of ether oxygens (including phenoxy) is 1. The van der Waals surface area contributed by atoms with E-state index in [1.807, 2.05) is 0 Å². The van der Waals surface area contributed by atoms with Crippen LogP contribution in [0.1, 0.15) is 57.7 Å². The zero-order valence-electron chi connectivity index (χ0n) is 22.1. The van der Waals surface area contributed by atoms with Crippen LogP contribution in [0.25, 0.3) is 0 Å². The summed E-state index contributed by atoms with van der Waals surface area (Å²) in [6, 6.07) is -0.129.